The van der Waals surface area contributed by atoms with Crippen LogP contribution in [0.3, 0.4) is 0 Å². The topological polar surface area (TPSA) is 63.6 Å². The fourth-order valence-electron chi connectivity index (χ4n) is 5.49. The number of ketones is 1. The maximum absolute atomic E-state index is 12.0. The molecule has 4 nitrogen and oxygen atoms in total. The van der Waals surface area contributed by atoms with Crippen LogP contribution in [0.2, 0.25) is 0 Å². The second kappa shape index (κ2) is 4.55. The van der Waals surface area contributed by atoms with Crippen LogP contribution in [-0.2, 0) is 14.3 Å². The molecule has 0 spiro atoms. The number of ether oxygens (including phenoxy) is 1. The van der Waals surface area contributed by atoms with Gasteiger partial charge in [0.05, 0.1) is 5.60 Å². The van der Waals surface area contributed by atoms with E-state index in [0.717, 1.165) is 32.1 Å². The van der Waals surface area contributed by atoms with E-state index in [1.54, 1.807) is 0 Å². The van der Waals surface area contributed by atoms with E-state index in [1.165, 1.54) is 13.3 Å². The van der Waals surface area contributed by atoms with Crippen molar-refractivity contribution in [3.63, 3.8) is 0 Å². The number of Topliss-reactive ketones (excluding diaryl/α,β-unsaturated/α-hetero) is 1. The number of carbonyl (C=O) groups is 2. The minimum Gasteiger partial charge on any atom is -0.459 e. The highest BCUT2D eigenvalue weighted by Gasteiger charge is 2.63. The predicted molar refractivity (Wildman–Crippen MR) is 77.5 cm³/mol. The maximum atomic E-state index is 12.0. The van der Waals surface area contributed by atoms with Crippen molar-refractivity contribution in [1.29, 1.82) is 0 Å². The van der Waals surface area contributed by atoms with Gasteiger partial charge in [-0.2, -0.15) is 0 Å². The van der Waals surface area contributed by atoms with Crippen molar-refractivity contribution in [2.75, 3.05) is 0 Å². The number of carbonyl (C=O) groups excluding carboxylic acids is 2. The Morgan fingerprint density at radius 1 is 1.19 bits per heavy atom. The Morgan fingerprint density at radius 3 is 2.24 bits per heavy atom. The Kier molecular flexibility index (Phi) is 3.25. The van der Waals surface area contributed by atoms with Crippen LogP contribution in [0.1, 0.15) is 65.7 Å². The van der Waals surface area contributed by atoms with Gasteiger partial charge in [-0.3, -0.25) is 9.59 Å². The molecule has 21 heavy (non-hydrogen) atoms. The van der Waals surface area contributed by atoms with E-state index in [-0.39, 0.29) is 17.6 Å². The second-order valence-corrected chi connectivity index (χ2v) is 8.34. The monoisotopic (exact) mass is 294 g/mol. The Balaban J connectivity index is 1.84. The number of hydrogen-bond acceptors (Lipinski definition) is 4. The Morgan fingerprint density at radius 2 is 1.76 bits per heavy atom. The third-order valence-electron chi connectivity index (χ3n) is 6.03. The molecule has 0 amide bonds. The zero-order valence-electron chi connectivity index (χ0n) is 13.3. The predicted octanol–water partition coefficient (Wildman–Crippen LogP) is 2.62. The number of esters is 1. The molecule has 0 heterocycles. The van der Waals surface area contributed by atoms with E-state index < -0.39 is 17.2 Å². The lowest BCUT2D eigenvalue weighted by atomic mass is 9.44. The van der Waals surface area contributed by atoms with Crippen LogP contribution < -0.4 is 0 Å². The molecule has 0 aromatic heterocycles. The summed E-state index contributed by atoms with van der Waals surface area (Å²) in [7, 11) is 0. The Bertz CT molecular complexity index is 460. The molecular formula is C17H26O4. The molecular weight excluding hydrogens is 268 g/mol. The van der Waals surface area contributed by atoms with Crippen LogP contribution in [0.25, 0.3) is 0 Å². The van der Waals surface area contributed by atoms with Gasteiger partial charge in [-0.15, -0.1) is 0 Å². The first-order valence-electron chi connectivity index (χ1n) is 8.07. The Labute approximate surface area is 126 Å². The van der Waals surface area contributed by atoms with E-state index in [4.69, 9.17) is 4.74 Å². The van der Waals surface area contributed by atoms with Crippen LogP contribution in [0.15, 0.2) is 0 Å². The van der Waals surface area contributed by atoms with Gasteiger partial charge in [0, 0.05) is 5.41 Å². The largest absolute Gasteiger partial charge is 0.459 e. The summed E-state index contributed by atoms with van der Waals surface area (Å²) >= 11 is 0. The molecule has 2 atom stereocenters. The van der Waals surface area contributed by atoms with Crippen LogP contribution in [0, 0.1) is 17.3 Å². The normalized spacial score (nSPS) is 41.1. The molecule has 4 bridgehead atoms. The molecule has 4 aliphatic carbocycles. The molecule has 118 valence electrons. The van der Waals surface area contributed by atoms with Gasteiger partial charge in [0.15, 0.2) is 0 Å². The first-order valence-corrected chi connectivity index (χ1v) is 8.07. The van der Waals surface area contributed by atoms with Gasteiger partial charge in [-0.05, 0) is 71.1 Å². The van der Waals surface area contributed by atoms with Gasteiger partial charge in [-0.1, -0.05) is 0 Å². The smallest absolute Gasteiger partial charge is 0.313 e. The molecule has 0 saturated heterocycles. The summed E-state index contributed by atoms with van der Waals surface area (Å²) < 4.78 is 5.81. The highest BCUT2D eigenvalue weighted by atomic mass is 16.6. The standard InChI is InChI=1S/C17H26O4/c1-11(18)4-14(19)21-17-8-12-5-13(9-17)7-16(6-12,10-17)15(2,3)20/h12-13,20H,4-10H2,1-3H3. The van der Waals surface area contributed by atoms with Crippen molar-refractivity contribution in [2.45, 2.75) is 76.9 Å². The summed E-state index contributed by atoms with van der Waals surface area (Å²) in [5.41, 5.74) is -1.31. The summed E-state index contributed by atoms with van der Waals surface area (Å²) in [4.78, 5) is 23.1. The first kappa shape index (κ1) is 15.0. The second-order valence-electron chi connectivity index (χ2n) is 8.34. The molecule has 0 aromatic carbocycles. The average molecular weight is 294 g/mol. The van der Waals surface area contributed by atoms with E-state index in [2.05, 4.69) is 0 Å². The minimum atomic E-state index is -0.747. The summed E-state index contributed by atoms with van der Waals surface area (Å²) in [5, 5.41) is 10.7. The summed E-state index contributed by atoms with van der Waals surface area (Å²) in [6.45, 7) is 5.20. The fourth-order valence-corrected chi connectivity index (χ4v) is 5.49. The molecule has 4 rings (SSSR count). The van der Waals surface area contributed by atoms with Crippen LogP contribution >= 0.6 is 0 Å². The lowest BCUT2D eigenvalue weighted by Crippen LogP contribution is -2.63. The zero-order chi connectivity index (χ0) is 15.5. The number of aliphatic hydroxyl groups is 1. The molecule has 1 N–H and O–H groups in total. The molecule has 4 saturated carbocycles. The average Bonchev–Trinajstić information content (AvgIpc) is 2.22. The summed E-state index contributed by atoms with van der Waals surface area (Å²) in [6.07, 6.45) is 5.71. The molecule has 0 aromatic rings. The summed E-state index contributed by atoms with van der Waals surface area (Å²) in [5.74, 6) is 0.544. The maximum Gasteiger partial charge on any atom is 0.313 e. The molecule has 0 aliphatic heterocycles. The molecule has 0 radical (unpaired) electrons. The highest BCUT2D eigenvalue weighted by molar-refractivity contribution is 5.94. The fraction of sp³-hybridized carbons (Fsp3) is 0.882. The lowest BCUT2D eigenvalue weighted by Gasteiger charge is -2.64. The summed E-state index contributed by atoms with van der Waals surface area (Å²) in [6, 6.07) is 0. The van der Waals surface area contributed by atoms with Crippen molar-refractivity contribution in [1.82, 2.24) is 0 Å². The van der Waals surface area contributed by atoms with Crippen LogP contribution in [0.5, 0.6) is 0 Å². The SMILES string of the molecule is CC(=O)CC(=O)OC12CC3CC(C1)CC(C(C)(C)O)(C3)C2. The molecule has 4 aliphatic rings. The number of hydrogen-bond donors (Lipinski definition) is 1. The van der Waals surface area contributed by atoms with E-state index in [0.29, 0.717) is 11.8 Å². The van der Waals surface area contributed by atoms with Crippen molar-refractivity contribution in [2.24, 2.45) is 17.3 Å². The highest BCUT2D eigenvalue weighted by Crippen LogP contribution is 2.65. The quantitative estimate of drug-likeness (QED) is 0.639. The molecule has 4 fully saturated rings. The van der Waals surface area contributed by atoms with Gasteiger partial charge in [0.1, 0.15) is 17.8 Å². The van der Waals surface area contributed by atoms with Gasteiger partial charge >= 0.3 is 5.97 Å². The third-order valence-corrected chi connectivity index (χ3v) is 6.03. The molecule has 2 unspecified atom stereocenters. The van der Waals surface area contributed by atoms with Crippen LogP contribution in [-0.4, -0.2) is 28.1 Å². The van der Waals surface area contributed by atoms with Crippen molar-refractivity contribution in [3.05, 3.63) is 0 Å². The van der Waals surface area contributed by atoms with Crippen molar-refractivity contribution >= 4 is 11.8 Å². The van der Waals surface area contributed by atoms with Crippen LogP contribution in [0.4, 0.5) is 0 Å². The Hall–Kier alpha value is -0.900. The lowest BCUT2D eigenvalue weighted by molar-refractivity contribution is -0.234. The van der Waals surface area contributed by atoms with Gasteiger partial charge in [0.2, 0.25) is 0 Å². The van der Waals surface area contributed by atoms with Gasteiger partial charge in [-0.25, -0.2) is 0 Å². The first-order chi connectivity index (χ1) is 9.63. The van der Waals surface area contributed by atoms with E-state index in [9.17, 15) is 14.7 Å². The van der Waals surface area contributed by atoms with E-state index in [1.807, 2.05) is 13.8 Å². The van der Waals surface area contributed by atoms with Crippen molar-refractivity contribution < 1.29 is 19.4 Å². The van der Waals surface area contributed by atoms with Gasteiger partial charge in [0.25, 0.3) is 0 Å². The van der Waals surface area contributed by atoms with Gasteiger partial charge < -0.3 is 9.84 Å². The molecule has 4 heteroatoms. The minimum absolute atomic E-state index is 0.131. The van der Waals surface area contributed by atoms with Crippen molar-refractivity contribution in [3.8, 4) is 0 Å². The third kappa shape index (κ3) is 2.52. The zero-order valence-corrected chi connectivity index (χ0v) is 13.3. The van der Waals surface area contributed by atoms with E-state index >= 15 is 0 Å². The number of rotatable bonds is 4.